The zero-order valence-electron chi connectivity index (χ0n) is 11.7. The average Bonchev–Trinajstić information content (AvgIpc) is 2.89. The first-order chi connectivity index (χ1) is 9.90. The summed E-state index contributed by atoms with van der Waals surface area (Å²) in [6.07, 6.45) is 1.84. The first-order valence-corrected chi connectivity index (χ1v) is 8.82. The van der Waals surface area contributed by atoms with Crippen LogP contribution in [0.15, 0.2) is 23.1 Å². The summed E-state index contributed by atoms with van der Waals surface area (Å²) in [4.78, 5) is -0.0118. The molecule has 0 aliphatic carbocycles. The quantitative estimate of drug-likeness (QED) is 0.821. The zero-order valence-corrected chi connectivity index (χ0v) is 14.0. The van der Waals surface area contributed by atoms with E-state index in [1.807, 2.05) is 0 Å². The number of hydrogen-bond acceptors (Lipinski definition) is 4. The van der Waals surface area contributed by atoms with Gasteiger partial charge in [0.25, 0.3) is 0 Å². The van der Waals surface area contributed by atoms with Crippen molar-refractivity contribution in [2.45, 2.75) is 23.3 Å². The second kappa shape index (κ2) is 6.81. The Labute approximate surface area is 135 Å². The van der Waals surface area contributed by atoms with Crippen molar-refractivity contribution in [2.75, 3.05) is 26.8 Å². The van der Waals surface area contributed by atoms with Gasteiger partial charge in [-0.2, -0.15) is 0 Å². The lowest BCUT2D eigenvalue weighted by atomic mass is 9.99. The van der Waals surface area contributed by atoms with Crippen LogP contribution >= 0.6 is 23.2 Å². The smallest absolute Gasteiger partial charge is 0.242 e. The van der Waals surface area contributed by atoms with E-state index >= 15 is 0 Å². The van der Waals surface area contributed by atoms with Crippen molar-refractivity contribution in [3.8, 4) is 0 Å². The summed E-state index contributed by atoms with van der Waals surface area (Å²) in [6, 6.07) is 4.54. The van der Waals surface area contributed by atoms with Gasteiger partial charge >= 0.3 is 0 Å². The summed E-state index contributed by atoms with van der Waals surface area (Å²) < 4.78 is 32.6. The second-order valence-corrected chi connectivity index (χ2v) is 7.64. The maximum Gasteiger partial charge on any atom is 0.242 e. The van der Waals surface area contributed by atoms with Crippen molar-refractivity contribution in [1.82, 2.24) is 10.0 Å². The van der Waals surface area contributed by atoms with E-state index in [-0.39, 0.29) is 27.0 Å². The normalized spacial score (nSPS) is 22.6. The molecule has 21 heavy (non-hydrogen) atoms. The Morgan fingerprint density at radius 3 is 2.81 bits per heavy atom. The van der Waals surface area contributed by atoms with Crippen molar-refractivity contribution >= 4 is 33.2 Å². The van der Waals surface area contributed by atoms with Crippen molar-refractivity contribution < 1.29 is 13.2 Å². The van der Waals surface area contributed by atoms with E-state index in [4.69, 9.17) is 27.9 Å². The molecule has 1 aliphatic heterocycles. The van der Waals surface area contributed by atoms with Gasteiger partial charge in [0.05, 0.1) is 22.2 Å². The molecule has 1 fully saturated rings. The molecule has 1 atom stereocenters. The monoisotopic (exact) mass is 352 g/mol. The number of sulfonamides is 1. The van der Waals surface area contributed by atoms with Crippen LogP contribution in [-0.4, -0.2) is 40.8 Å². The van der Waals surface area contributed by atoms with E-state index in [1.165, 1.54) is 6.07 Å². The molecule has 118 valence electrons. The van der Waals surface area contributed by atoms with Gasteiger partial charge in [0.1, 0.15) is 4.90 Å². The number of methoxy groups -OCH3 is 1. The lowest BCUT2D eigenvalue weighted by Gasteiger charge is -2.28. The highest BCUT2D eigenvalue weighted by Crippen LogP contribution is 2.29. The molecule has 1 unspecified atom stereocenters. The Hall–Kier alpha value is -0.370. The van der Waals surface area contributed by atoms with Crippen LogP contribution in [0.5, 0.6) is 0 Å². The summed E-state index contributed by atoms with van der Waals surface area (Å²) in [7, 11) is -2.12. The lowest BCUT2D eigenvalue weighted by Crippen LogP contribution is -2.52. The van der Waals surface area contributed by atoms with Gasteiger partial charge in [0.2, 0.25) is 10.0 Å². The van der Waals surface area contributed by atoms with Gasteiger partial charge in [0.15, 0.2) is 0 Å². The first-order valence-electron chi connectivity index (χ1n) is 6.58. The molecule has 2 rings (SSSR count). The predicted octanol–water partition coefficient (Wildman–Crippen LogP) is 2.04. The maximum atomic E-state index is 12.4. The predicted molar refractivity (Wildman–Crippen MR) is 83.5 cm³/mol. The van der Waals surface area contributed by atoms with Crippen molar-refractivity contribution in [3.05, 3.63) is 28.2 Å². The van der Waals surface area contributed by atoms with E-state index in [2.05, 4.69) is 10.0 Å². The fourth-order valence-corrected chi connectivity index (χ4v) is 4.36. The molecule has 0 bridgehead atoms. The number of hydrogen-bond donors (Lipinski definition) is 2. The largest absolute Gasteiger partial charge is 0.383 e. The van der Waals surface area contributed by atoms with Crippen molar-refractivity contribution in [3.63, 3.8) is 0 Å². The summed E-state index contributed by atoms with van der Waals surface area (Å²) in [5, 5.41) is 3.56. The SMILES string of the molecule is COCC1(CNS(=O)(=O)c2cccc(Cl)c2Cl)CCCN1. The maximum absolute atomic E-state index is 12.4. The standard InChI is InChI=1S/C13H18Cl2N2O3S/c1-20-9-13(6-3-7-16-13)8-17-21(18,19)11-5-2-4-10(14)12(11)15/h2,4-5,16-17H,3,6-9H2,1H3. The Kier molecular flexibility index (Phi) is 5.51. The molecular weight excluding hydrogens is 335 g/mol. The highest BCUT2D eigenvalue weighted by atomic mass is 35.5. The number of benzene rings is 1. The summed E-state index contributed by atoms with van der Waals surface area (Å²) in [5.41, 5.74) is -0.368. The third kappa shape index (κ3) is 3.88. The van der Waals surface area contributed by atoms with Crippen molar-refractivity contribution in [2.24, 2.45) is 0 Å². The molecule has 1 aromatic rings. The molecule has 0 radical (unpaired) electrons. The highest BCUT2D eigenvalue weighted by Gasteiger charge is 2.35. The highest BCUT2D eigenvalue weighted by molar-refractivity contribution is 7.89. The third-order valence-corrected chi connectivity index (χ3v) is 5.93. The van der Waals surface area contributed by atoms with Gasteiger partial charge in [-0.1, -0.05) is 29.3 Å². The van der Waals surface area contributed by atoms with Gasteiger partial charge in [-0.15, -0.1) is 0 Å². The van der Waals surface area contributed by atoms with Gasteiger partial charge in [-0.25, -0.2) is 13.1 Å². The molecule has 0 saturated carbocycles. The van der Waals surface area contributed by atoms with Crippen LogP contribution in [0.3, 0.4) is 0 Å². The number of halogens is 2. The Morgan fingerprint density at radius 2 is 2.19 bits per heavy atom. The van der Waals surface area contributed by atoms with Gasteiger partial charge in [-0.05, 0) is 31.5 Å². The molecule has 1 saturated heterocycles. The molecule has 1 aliphatic rings. The van der Waals surface area contributed by atoms with E-state index in [0.29, 0.717) is 6.61 Å². The van der Waals surface area contributed by atoms with Crippen LogP contribution in [0.25, 0.3) is 0 Å². The van der Waals surface area contributed by atoms with Gasteiger partial charge < -0.3 is 10.1 Å². The topological polar surface area (TPSA) is 67.4 Å². The van der Waals surface area contributed by atoms with Crippen LogP contribution in [0, 0.1) is 0 Å². The van der Waals surface area contributed by atoms with Gasteiger partial charge in [-0.3, -0.25) is 0 Å². The van der Waals surface area contributed by atoms with E-state index < -0.39 is 10.0 Å². The minimum atomic E-state index is -3.72. The Morgan fingerprint density at radius 1 is 1.43 bits per heavy atom. The van der Waals surface area contributed by atoms with Crippen LogP contribution in [0.1, 0.15) is 12.8 Å². The fourth-order valence-electron chi connectivity index (χ4n) is 2.47. The summed E-state index contributed by atoms with van der Waals surface area (Å²) >= 11 is 11.8. The third-order valence-electron chi connectivity index (χ3n) is 3.56. The molecule has 1 aromatic carbocycles. The molecule has 0 spiro atoms. The van der Waals surface area contributed by atoms with Gasteiger partial charge in [0, 0.05) is 13.7 Å². The first kappa shape index (κ1) is 17.0. The lowest BCUT2D eigenvalue weighted by molar-refractivity contribution is 0.122. The Balaban J connectivity index is 2.16. The van der Waals surface area contributed by atoms with E-state index in [9.17, 15) is 8.42 Å². The molecule has 2 N–H and O–H groups in total. The van der Waals surface area contributed by atoms with Crippen molar-refractivity contribution in [1.29, 1.82) is 0 Å². The second-order valence-electron chi connectivity index (χ2n) is 5.12. The van der Waals surface area contributed by atoms with Crippen LogP contribution < -0.4 is 10.0 Å². The number of ether oxygens (including phenoxy) is 1. The van der Waals surface area contributed by atoms with Crippen LogP contribution in [-0.2, 0) is 14.8 Å². The fraction of sp³-hybridized carbons (Fsp3) is 0.538. The van der Waals surface area contributed by atoms with Crippen LogP contribution in [0.4, 0.5) is 0 Å². The van der Waals surface area contributed by atoms with Crippen LogP contribution in [0.2, 0.25) is 10.0 Å². The molecule has 1 heterocycles. The molecule has 0 aromatic heterocycles. The van der Waals surface area contributed by atoms with E-state index in [1.54, 1.807) is 19.2 Å². The zero-order chi connectivity index (χ0) is 15.5. The average molecular weight is 353 g/mol. The number of rotatable bonds is 6. The molecular formula is C13H18Cl2N2O3S. The minimum Gasteiger partial charge on any atom is -0.383 e. The molecule has 0 amide bonds. The number of nitrogens with one attached hydrogen (secondary N) is 2. The summed E-state index contributed by atoms with van der Waals surface area (Å²) in [6.45, 7) is 1.54. The minimum absolute atomic E-state index is 0.0118. The molecule has 5 nitrogen and oxygen atoms in total. The molecule has 8 heteroatoms. The Bertz CT molecular complexity index is 601. The van der Waals surface area contributed by atoms with E-state index in [0.717, 1.165) is 19.4 Å². The summed E-state index contributed by atoms with van der Waals surface area (Å²) in [5.74, 6) is 0.